The highest BCUT2D eigenvalue weighted by Gasteiger charge is 2.38. The second-order valence-electron chi connectivity index (χ2n) is 6.37. The minimum absolute atomic E-state index is 0.0156. The number of nitrogens with one attached hydrogen (secondary N) is 2. The Morgan fingerprint density at radius 2 is 2.03 bits per heavy atom. The molecule has 32 heavy (non-hydrogen) atoms. The van der Waals surface area contributed by atoms with Gasteiger partial charge in [0.2, 0.25) is 0 Å². The second kappa shape index (κ2) is 10.1. The lowest BCUT2D eigenvalue weighted by molar-refractivity contribution is -0.192. The van der Waals surface area contributed by atoms with Crippen molar-refractivity contribution in [2.45, 2.75) is 23.5 Å². The van der Waals surface area contributed by atoms with E-state index in [1.54, 1.807) is 11.9 Å². The number of rotatable bonds is 5. The first kappa shape index (κ1) is 26.0. The first-order valence-electron chi connectivity index (χ1n) is 8.58. The van der Waals surface area contributed by atoms with Crippen molar-refractivity contribution < 1.29 is 40.3 Å². The van der Waals surface area contributed by atoms with Gasteiger partial charge in [-0.1, -0.05) is 11.6 Å². The molecule has 2 aromatic rings. The number of nitrogens with zero attached hydrogens (tertiary/aromatic N) is 2. The number of hydrogen-bond donors (Lipinski definition) is 3. The highest BCUT2D eigenvalue weighted by atomic mass is 35.5. The highest BCUT2D eigenvalue weighted by molar-refractivity contribution is 7.92. The number of carbonyl (C=O) groups is 1. The highest BCUT2D eigenvalue weighted by Crippen LogP contribution is 2.36. The second-order valence-corrected chi connectivity index (χ2v) is 9.09. The Balaban J connectivity index is 0.000000451. The molecular formula is C16H16ClF5N4O4S2. The van der Waals surface area contributed by atoms with Crippen molar-refractivity contribution in [3.63, 3.8) is 0 Å². The van der Waals surface area contributed by atoms with Gasteiger partial charge in [0.25, 0.3) is 10.0 Å². The van der Waals surface area contributed by atoms with Crippen LogP contribution in [0.1, 0.15) is 6.42 Å². The van der Waals surface area contributed by atoms with Gasteiger partial charge in [-0.2, -0.15) is 13.2 Å². The number of benzene rings is 1. The Morgan fingerprint density at radius 3 is 2.50 bits per heavy atom. The molecule has 0 radical (unpaired) electrons. The normalized spacial score (nSPS) is 16.3. The van der Waals surface area contributed by atoms with E-state index in [0.29, 0.717) is 6.54 Å². The van der Waals surface area contributed by atoms with Crippen LogP contribution in [-0.4, -0.2) is 56.8 Å². The topological polar surface area (TPSA) is 112 Å². The number of thiazole rings is 1. The maximum atomic E-state index is 14.6. The largest absolute Gasteiger partial charge is 0.490 e. The van der Waals surface area contributed by atoms with E-state index in [1.807, 2.05) is 4.72 Å². The summed E-state index contributed by atoms with van der Waals surface area (Å²) >= 11 is 7.17. The zero-order chi connectivity index (χ0) is 24.3. The van der Waals surface area contributed by atoms with Crippen molar-refractivity contribution in [3.8, 4) is 0 Å². The third-order valence-electron chi connectivity index (χ3n) is 4.24. The van der Waals surface area contributed by atoms with Gasteiger partial charge in [0.15, 0.2) is 16.5 Å². The average Bonchev–Trinajstić information content (AvgIpc) is 3.37. The number of carboxylic acids is 1. The van der Waals surface area contributed by atoms with Crippen molar-refractivity contribution in [2.24, 2.45) is 0 Å². The SMILES string of the molecule is CN(c1cc(F)c(S(=O)(=O)Nc2cscn2)c(F)c1Cl)[C@H]1CCNC1.O=C(O)C(F)(F)F. The van der Waals surface area contributed by atoms with Gasteiger partial charge in [0.05, 0.1) is 11.2 Å². The van der Waals surface area contributed by atoms with Crippen molar-refractivity contribution in [3.05, 3.63) is 33.6 Å². The number of aromatic nitrogens is 1. The summed E-state index contributed by atoms with van der Waals surface area (Å²) in [6.45, 7) is 1.45. The van der Waals surface area contributed by atoms with Gasteiger partial charge in [-0.3, -0.25) is 4.72 Å². The Labute approximate surface area is 188 Å². The summed E-state index contributed by atoms with van der Waals surface area (Å²) < 4.78 is 87.5. The summed E-state index contributed by atoms with van der Waals surface area (Å²) in [6.07, 6.45) is -4.29. The molecule has 0 aliphatic carbocycles. The molecule has 178 valence electrons. The van der Waals surface area contributed by atoms with Crippen LogP contribution in [0.3, 0.4) is 0 Å². The summed E-state index contributed by atoms with van der Waals surface area (Å²) in [5.74, 6) is -5.31. The summed E-state index contributed by atoms with van der Waals surface area (Å²) in [5, 5.41) is 11.2. The standard InChI is InChI=1S/C14H15ClF2N4O2S2.C2HF3O2/c1-21(8-2-3-18-5-8)10-4-9(16)14(13(17)12(10)15)25(22,23)20-11-6-24-7-19-11;3-2(4,5)1(6)7/h4,6-8,18,20H,2-3,5H2,1H3;(H,6,7)/t8-;/m0./s1. The Hall–Kier alpha value is -2.23. The van der Waals surface area contributed by atoms with E-state index in [4.69, 9.17) is 21.5 Å². The molecule has 3 rings (SSSR count). The molecule has 3 N–H and O–H groups in total. The van der Waals surface area contributed by atoms with Gasteiger partial charge < -0.3 is 15.3 Å². The van der Waals surface area contributed by atoms with Gasteiger partial charge in [-0.15, -0.1) is 11.3 Å². The fraction of sp³-hybridized carbons (Fsp3) is 0.375. The van der Waals surface area contributed by atoms with Gasteiger partial charge >= 0.3 is 12.1 Å². The Kier molecular flexibility index (Phi) is 8.25. The maximum absolute atomic E-state index is 14.6. The summed E-state index contributed by atoms with van der Waals surface area (Å²) in [6, 6.07) is 0.964. The van der Waals surface area contributed by atoms with Crippen LogP contribution in [0.2, 0.25) is 5.02 Å². The molecule has 0 spiro atoms. The maximum Gasteiger partial charge on any atom is 0.490 e. The predicted octanol–water partition coefficient (Wildman–Crippen LogP) is 3.31. The number of hydrogen-bond acceptors (Lipinski definition) is 7. The molecule has 1 aliphatic rings. The van der Waals surface area contributed by atoms with E-state index >= 15 is 0 Å². The van der Waals surface area contributed by atoms with E-state index < -0.39 is 43.7 Å². The summed E-state index contributed by atoms with van der Waals surface area (Å²) in [4.78, 5) is 13.2. The van der Waals surface area contributed by atoms with Gasteiger partial charge in [-0.25, -0.2) is 27.0 Å². The molecule has 0 bridgehead atoms. The molecule has 0 unspecified atom stereocenters. The molecule has 16 heteroatoms. The first-order valence-corrected chi connectivity index (χ1v) is 11.4. The van der Waals surface area contributed by atoms with Crippen LogP contribution in [0.15, 0.2) is 21.9 Å². The lowest BCUT2D eigenvalue weighted by Gasteiger charge is -2.27. The summed E-state index contributed by atoms with van der Waals surface area (Å²) in [5.41, 5.74) is 1.50. The van der Waals surface area contributed by atoms with Crippen molar-refractivity contribution >= 4 is 50.4 Å². The van der Waals surface area contributed by atoms with E-state index in [-0.39, 0.29) is 17.5 Å². The Bertz CT molecular complexity index is 1060. The molecule has 1 atom stereocenters. The number of alkyl halides is 3. The fourth-order valence-electron chi connectivity index (χ4n) is 2.69. The van der Waals surface area contributed by atoms with E-state index in [0.717, 1.165) is 30.4 Å². The van der Waals surface area contributed by atoms with Crippen molar-refractivity contribution in [2.75, 3.05) is 29.8 Å². The number of halogens is 6. The molecule has 8 nitrogen and oxygen atoms in total. The van der Waals surface area contributed by atoms with E-state index in [9.17, 15) is 30.4 Å². The minimum atomic E-state index is -5.08. The predicted molar refractivity (Wildman–Crippen MR) is 108 cm³/mol. The number of sulfonamides is 1. The Morgan fingerprint density at radius 1 is 1.41 bits per heavy atom. The monoisotopic (exact) mass is 522 g/mol. The molecule has 0 saturated carbocycles. The zero-order valence-corrected chi connectivity index (χ0v) is 18.5. The first-order chi connectivity index (χ1) is 14.8. The minimum Gasteiger partial charge on any atom is -0.475 e. The molecule has 1 saturated heterocycles. The number of aliphatic carboxylic acids is 1. The molecule has 0 amide bonds. The zero-order valence-electron chi connectivity index (χ0n) is 16.1. The lowest BCUT2D eigenvalue weighted by atomic mass is 10.2. The molecular weight excluding hydrogens is 507 g/mol. The smallest absolute Gasteiger partial charge is 0.475 e. The van der Waals surface area contributed by atoms with Crippen LogP contribution in [0.25, 0.3) is 0 Å². The van der Waals surface area contributed by atoms with Crippen molar-refractivity contribution in [1.29, 1.82) is 0 Å². The van der Waals surface area contributed by atoms with E-state index in [1.165, 1.54) is 10.9 Å². The summed E-state index contributed by atoms with van der Waals surface area (Å²) in [7, 11) is -2.83. The van der Waals surface area contributed by atoms with Gasteiger partial charge in [0, 0.05) is 31.1 Å². The third kappa shape index (κ3) is 6.17. The van der Waals surface area contributed by atoms with Crippen LogP contribution >= 0.6 is 22.9 Å². The van der Waals surface area contributed by atoms with Crippen LogP contribution in [0, 0.1) is 11.6 Å². The lowest BCUT2D eigenvalue weighted by Crippen LogP contribution is -2.34. The van der Waals surface area contributed by atoms with Crippen LogP contribution < -0.4 is 14.9 Å². The van der Waals surface area contributed by atoms with Crippen molar-refractivity contribution in [1.82, 2.24) is 10.3 Å². The third-order valence-corrected chi connectivity index (χ3v) is 6.58. The number of anilines is 2. The average molecular weight is 523 g/mol. The fourth-order valence-corrected chi connectivity index (χ4v) is 4.73. The van der Waals surface area contributed by atoms with Crippen LogP contribution in [-0.2, 0) is 14.8 Å². The van der Waals surface area contributed by atoms with Gasteiger partial charge in [-0.05, 0) is 13.0 Å². The van der Waals surface area contributed by atoms with Crippen LogP contribution in [0.5, 0.6) is 0 Å². The molecule has 1 aliphatic heterocycles. The molecule has 2 heterocycles. The number of likely N-dealkylation sites (N-methyl/N-ethyl adjacent to an activating group) is 1. The molecule has 1 aromatic heterocycles. The molecule has 1 fully saturated rings. The van der Waals surface area contributed by atoms with Crippen LogP contribution in [0.4, 0.5) is 33.5 Å². The molecule has 1 aromatic carbocycles. The van der Waals surface area contributed by atoms with E-state index in [2.05, 4.69) is 10.3 Å². The van der Waals surface area contributed by atoms with Gasteiger partial charge in [0.1, 0.15) is 10.8 Å². The number of carboxylic acid groups (broad SMARTS) is 1. The quantitative estimate of drug-likeness (QED) is 0.408.